The Morgan fingerprint density at radius 2 is 2.15 bits per heavy atom. The summed E-state index contributed by atoms with van der Waals surface area (Å²) in [7, 11) is 0. The molecule has 0 aromatic carbocycles. The average molecular weight is 394 g/mol. The van der Waals surface area contributed by atoms with Gasteiger partial charge in [0.25, 0.3) is 0 Å². The van der Waals surface area contributed by atoms with Crippen LogP contribution in [0.4, 0.5) is 4.79 Å². The predicted molar refractivity (Wildman–Crippen MR) is 108 cm³/mol. The van der Waals surface area contributed by atoms with Gasteiger partial charge in [-0.05, 0) is 52.9 Å². The van der Waals surface area contributed by atoms with E-state index in [0.717, 1.165) is 31.4 Å². The second kappa shape index (κ2) is 9.35. The third-order valence-electron chi connectivity index (χ3n) is 4.45. The van der Waals surface area contributed by atoms with Crippen LogP contribution >= 0.6 is 11.3 Å². The molecule has 0 radical (unpaired) electrons. The van der Waals surface area contributed by atoms with Crippen molar-refractivity contribution in [3.05, 3.63) is 28.9 Å². The fraction of sp³-hybridized carbons (Fsp3) is 0.650. The molecule has 0 bridgehead atoms. The molecule has 0 saturated heterocycles. The van der Waals surface area contributed by atoms with Gasteiger partial charge in [-0.15, -0.1) is 11.3 Å². The Hall–Kier alpha value is -1.89. The van der Waals surface area contributed by atoms with Gasteiger partial charge in [-0.3, -0.25) is 4.79 Å². The number of nitrogens with one attached hydrogen (secondary N) is 2. The summed E-state index contributed by atoms with van der Waals surface area (Å²) in [6, 6.07) is -0.252. The van der Waals surface area contributed by atoms with Gasteiger partial charge in [0.05, 0.1) is 6.04 Å². The number of ether oxygens (including phenoxy) is 1. The van der Waals surface area contributed by atoms with Crippen LogP contribution in [0.15, 0.2) is 23.9 Å². The minimum Gasteiger partial charge on any atom is -0.444 e. The number of hydrogen-bond donors (Lipinski definition) is 2. The first-order valence-corrected chi connectivity index (χ1v) is 10.4. The summed E-state index contributed by atoms with van der Waals surface area (Å²) in [5, 5.41) is 8.38. The maximum absolute atomic E-state index is 12.9. The van der Waals surface area contributed by atoms with Crippen LogP contribution in [0.2, 0.25) is 0 Å². The molecule has 1 amide bonds. The molecular formula is C20H31N3O3S. The fourth-order valence-electron chi connectivity index (χ4n) is 3.49. The van der Waals surface area contributed by atoms with Crippen molar-refractivity contribution >= 4 is 23.2 Å². The molecule has 1 aromatic heterocycles. The molecule has 150 valence electrons. The quantitative estimate of drug-likeness (QED) is 0.676. The highest BCUT2D eigenvalue weighted by Crippen LogP contribution is 2.29. The summed E-state index contributed by atoms with van der Waals surface area (Å²) in [4.78, 5) is 29.3. The number of nitrogens with zero attached hydrogens (tertiary/aromatic N) is 1. The Morgan fingerprint density at radius 3 is 2.74 bits per heavy atom. The lowest BCUT2D eigenvalue weighted by atomic mass is 9.81. The van der Waals surface area contributed by atoms with Crippen molar-refractivity contribution in [3.8, 4) is 0 Å². The zero-order valence-corrected chi connectivity index (χ0v) is 17.5. The molecule has 1 fully saturated rings. The molecule has 3 atom stereocenters. The van der Waals surface area contributed by atoms with E-state index in [2.05, 4.69) is 22.2 Å². The molecule has 1 saturated carbocycles. The third kappa shape index (κ3) is 7.33. The van der Waals surface area contributed by atoms with Gasteiger partial charge >= 0.3 is 6.09 Å². The van der Waals surface area contributed by atoms with Gasteiger partial charge in [-0.1, -0.05) is 19.4 Å². The number of hydrogen-bond acceptors (Lipinski definition) is 6. The minimum atomic E-state index is -0.625. The highest BCUT2D eigenvalue weighted by Gasteiger charge is 2.31. The molecule has 2 N–H and O–H groups in total. The van der Waals surface area contributed by atoms with Crippen LogP contribution < -0.4 is 10.6 Å². The number of carbonyl (C=O) groups is 2. The number of ketones is 1. The highest BCUT2D eigenvalue weighted by atomic mass is 32.1. The predicted octanol–water partition coefficient (Wildman–Crippen LogP) is 4.29. The van der Waals surface area contributed by atoms with E-state index in [1.165, 1.54) is 11.3 Å². The number of Topliss-reactive ketones (excluding diaryl/α,β-unsaturated/α-hetero) is 1. The molecule has 1 aliphatic carbocycles. The molecule has 6 nitrogen and oxygen atoms in total. The van der Waals surface area contributed by atoms with Gasteiger partial charge in [0.1, 0.15) is 5.60 Å². The molecule has 2 unspecified atom stereocenters. The number of rotatable bonds is 7. The normalized spacial score (nSPS) is 21.2. The van der Waals surface area contributed by atoms with Gasteiger partial charge in [-0.25, -0.2) is 9.78 Å². The third-order valence-corrected chi connectivity index (χ3v) is 5.24. The van der Waals surface area contributed by atoms with Crippen LogP contribution in [0.3, 0.4) is 0 Å². The van der Waals surface area contributed by atoms with Crippen LogP contribution in [0.1, 0.15) is 69.6 Å². The van der Waals surface area contributed by atoms with E-state index in [4.69, 9.17) is 4.74 Å². The van der Waals surface area contributed by atoms with Crippen molar-refractivity contribution in [3.63, 3.8) is 0 Å². The molecule has 1 heterocycles. The Labute approximate surface area is 165 Å². The number of aromatic nitrogens is 1. The number of thiazole rings is 1. The number of amides is 1. The zero-order valence-electron chi connectivity index (χ0n) is 16.7. The van der Waals surface area contributed by atoms with E-state index in [1.807, 2.05) is 6.92 Å². The van der Waals surface area contributed by atoms with Crippen molar-refractivity contribution in [2.45, 2.75) is 77.5 Å². The van der Waals surface area contributed by atoms with E-state index in [1.54, 1.807) is 32.3 Å². The fourth-order valence-corrected chi connectivity index (χ4v) is 4.12. The van der Waals surface area contributed by atoms with Crippen LogP contribution in [-0.4, -0.2) is 34.5 Å². The van der Waals surface area contributed by atoms with Gasteiger partial charge in [0.15, 0.2) is 5.01 Å². The van der Waals surface area contributed by atoms with E-state index in [0.29, 0.717) is 23.4 Å². The lowest BCUT2D eigenvalue weighted by Crippen LogP contribution is -2.45. The second-order valence-electron chi connectivity index (χ2n) is 8.29. The smallest absolute Gasteiger partial charge is 0.408 e. The molecule has 0 aliphatic heterocycles. The van der Waals surface area contributed by atoms with E-state index in [9.17, 15) is 9.59 Å². The second-order valence-corrected chi connectivity index (χ2v) is 9.18. The van der Waals surface area contributed by atoms with Crippen molar-refractivity contribution in [2.75, 3.05) is 0 Å². The van der Waals surface area contributed by atoms with E-state index >= 15 is 0 Å². The summed E-state index contributed by atoms with van der Waals surface area (Å²) in [6.45, 7) is 11.3. The molecule has 27 heavy (non-hydrogen) atoms. The maximum Gasteiger partial charge on any atom is 0.408 e. The highest BCUT2D eigenvalue weighted by molar-refractivity contribution is 7.11. The van der Waals surface area contributed by atoms with Crippen LogP contribution in [-0.2, 0) is 4.74 Å². The first-order chi connectivity index (χ1) is 12.6. The Balaban J connectivity index is 2.06. The standard InChI is InChI=1S/C20H31N3O3S/c1-13(2)22-15-8-6-7-14(11-15)12-16(17(24)18-21-9-10-27-18)23-19(25)26-20(3,4)5/h9-10,14-16,22H,1,6-8,11-12H2,2-5H3,(H,23,25)/t14?,15?,16-/m0/s1. The molecule has 7 heteroatoms. The monoisotopic (exact) mass is 393 g/mol. The summed E-state index contributed by atoms with van der Waals surface area (Å²) in [5.41, 5.74) is 0.350. The van der Waals surface area contributed by atoms with Gasteiger partial charge < -0.3 is 15.4 Å². The van der Waals surface area contributed by atoms with Crippen molar-refractivity contribution in [1.29, 1.82) is 0 Å². The summed E-state index contributed by atoms with van der Waals surface area (Å²) in [5.74, 6) is 0.199. The minimum absolute atomic E-state index is 0.147. The SMILES string of the molecule is C=C(C)NC1CCCC(C[C@H](NC(=O)OC(C)(C)C)C(=O)c2nccs2)C1. The molecule has 1 aliphatic rings. The number of allylic oxidation sites excluding steroid dienone is 1. The lowest BCUT2D eigenvalue weighted by molar-refractivity contribution is 0.0480. The Kier molecular flexibility index (Phi) is 7.41. The molecule has 1 aromatic rings. The van der Waals surface area contributed by atoms with E-state index < -0.39 is 17.7 Å². The molecule has 0 spiro atoms. The molecule has 2 rings (SSSR count). The van der Waals surface area contributed by atoms with Crippen molar-refractivity contribution in [1.82, 2.24) is 15.6 Å². The topological polar surface area (TPSA) is 80.3 Å². The van der Waals surface area contributed by atoms with Crippen LogP contribution in [0.25, 0.3) is 0 Å². The lowest BCUT2D eigenvalue weighted by Gasteiger charge is -2.32. The Bertz CT molecular complexity index is 652. The Morgan fingerprint density at radius 1 is 1.41 bits per heavy atom. The first-order valence-electron chi connectivity index (χ1n) is 9.49. The summed E-state index contributed by atoms with van der Waals surface area (Å²) in [6.07, 6.45) is 5.84. The molecular weight excluding hydrogens is 362 g/mol. The van der Waals surface area contributed by atoms with Crippen molar-refractivity contribution < 1.29 is 14.3 Å². The van der Waals surface area contributed by atoms with Crippen molar-refractivity contribution in [2.24, 2.45) is 5.92 Å². The summed E-state index contributed by atoms with van der Waals surface area (Å²) >= 11 is 1.29. The summed E-state index contributed by atoms with van der Waals surface area (Å²) < 4.78 is 5.36. The van der Waals surface area contributed by atoms with Gasteiger partial charge in [-0.2, -0.15) is 0 Å². The van der Waals surface area contributed by atoms with Crippen LogP contribution in [0, 0.1) is 5.92 Å². The number of carbonyl (C=O) groups excluding carboxylic acids is 2. The number of alkyl carbamates (subject to hydrolysis) is 1. The zero-order chi connectivity index (χ0) is 20.0. The van der Waals surface area contributed by atoms with Gasteiger partial charge in [0, 0.05) is 23.3 Å². The van der Waals surface area contributed by atoms with Gasteiger partial charge in [0.2, 0.25) is 5.78 Å². The largest absolute Gasteiger partial charge is 0.444 e. The average Bonchev–Trinajstić information content (AvgIpc) is 3.05. The maximum atomic E-state index is 12.9. The van der Waals surface area contributed by atoms with Crippen LogP contribution in [0.5, 0.6) is 0 Å². The van der Waals surface area contributed by atoms with E-state index in [-0.39, 0.29) is 5.78 Å². The first kappa shape index (κ1) is 21.4.